The molecule has 2 heterocycles. The molecule has 3 N–H and O–H groups in total. The van der Waals surface area contributed by atoms with E-state index in [0.717, 1.165) is 0 Å². The van der Waals surface area contributed by atoms with Gasteiger partial charge in [0.05, 0.1) is 6.10 Å². The van der Waals surface area contributed by atoms with Crippen LogP contribution in [0.5, 0.6) is 0 Å². The quantitative estimate of drug-likeness (QED) is 0.650. The maximum absolute atomic E-state index is 12.6. The van der Waals surface area contributed by atoms with E-state index in [9.17, 15) is 23.1 Å². The summed E-state index contributed by atoms with van der Waals surface area (Å²) in [4.78, 5) is 18.1. The second-order valence-electron chi connectivity index (χ2n) is 5.77. The highest BCUT2D eigenvalue weighted by atomic mass is 79.9. The number of nitrogens with zero attached hydrogens (tertiary/aromatic N) is 2. The molecule has 2 rings (SSSR count). The number of amides is 1. The molecule has 0 aliphatic carbocycles. The molecule has 6 nitrogen and oxygen atoms in total. The standard InChI is InChI=1S/C15H18BrF3N4O2/c16-13(20)10-7-21-12(6-11(10)22-8-15(17,18)19)14(25)23-4-1-2-9(24)3-5-23/h6-7,9,20,24H,1-5,8H2,(H,21,22). The van der Waals surface area contributed by atoms with Crippen LogP contribution in [0.25, 0.3) is 0 Å². The number of hydrogen-bond acceptors (Lipinski definition) is 5. The lowest BCUT2D eigenvalue weighted by atomic mass is 10.2. The molecular weight excluding hydrogens is 405 g/mol. The Balaban J connectivity index is 2.22. The van der Waals surface area contributed by atoms with Gasteiger partial charge in [-0.25, -0.2) is 0 Å². The highest BCUT2D eigenvalue weighted by molar-refractivity contribution is 9.18. The van der Waals surface area contributed by atoms with E-state index in [1.807, 2.05) is 0 Å². The smallest absolute Gasteiger partial charge is 0.393 e. The second kappa shape index (κ2) is 8.13. The molecule has 1 aromatic rings. The van der Waals surface area contributed by atoms with Gasteiger partial charge in [-0.1, -0.05) is 0 Å². The van der Waals surface area contributed by atoms with Crippen molar-refractivity contribution in [2.75, 3.05) is 25.0 Å². The van der Waals surface area contributed by atoms with Gasteiger partial charge in [0, 0.05) is 30.5 Å². The molecule has 0 aromatic carbocycles. The van der Waals surface area contributed by atoms with Gasteiger partial charge in [-0.3, -0.25) is 15.2 Å². The fourth-order valence-electron chi connectivity index (χ4n) is 2.53. The normalized spacial score (nSPS) is 18.6. The summed E-state index contributed by atoms with van der Waals surface area (Å²) in [7, 11) is 0. The number of carbonyl (C=O) groups is 1. The van der Waals surface area contributed by atoms with Crippen molar-refractivity contribution in [1.29, 1.82) is 5.41 Å². The van der Waals surface area contributed by atoms with E-state index in [2.05, 4.69) is 26.2 Å². The second-order valence-corrected chi connectivity index (χ2v) is 6.57. The van der Waals surface area contributed by atoms with Crippen molar-refractivity contribution in [3.8, 4) is 0 Å². The molecule has 1 amide bonds. The first-order valence-electron chi connectivity index (χ1n) is 7.70. The topological polar surface area (TPSA) is 89.3 Å². The SMILES string of the molecule is N=C(Br)c1cnc(C(=O)N2CCCC(O)CC2)cc1NCC(F)(F)F. The van der Waals surface area contributed by atoms with Gasteiger partial charge < -0.3 is 15.3 Å². The van der Waals surface area contributed by atoms with Crippen LogP contribution >= 0.6 is 15.9 Å². The minimum absolute atomic E-state index is 0.00133. The van der Waals surface area contributed by atoms with Gasteiger partial charge >= 0.3 is 6.18 Å². The summed E-state index contributed by atoms with van der Waals surface area (Å²) >= 11 is 2.91. The first kappa shape index (κ1) is 19.6. The Morgan fingerprint density at radius 1 is 1.44 bits per heavy atom. The number of hydrogen-bond donors (Lipinski definition) is 3. The molecule has 1 unspecified atom stereocenters. The van der Waals surface area contributed by atoms with Gasteiger partial charge in [0.1, 0.15) is 16.9 Å². The third-order valence-electron chi connectivity index (χ3n) is 3.82. The lowest BCUT2D eigenvalue weighted by Gasteiger charge is -2.21. The molecule has 25 heavy (non-hydrogen) atoms. The number of aromatic nitrogens is 1. The zero-order valence-corrected chi connectivity index (χ0v) is 14.8. The van der Waals surface area contributed by atoms with Gasteiger partial charge in [-0.2, -0.15) is 13.2 Å². The molecule has 1 aliphatic heterocycles. The lowest BCUT2D eigenvalue weighted by Crippen LogP contribution is -2.33. The highest BCUT2D eigenvalue weighted by Gasteiger charge is 2.28. The number of pyridine rings is 1. The zero-order valence-electron chi connectivity index (χ0n) is 13.2. The number of aliphatic hydroxyl groups is 1. The Kier molecular flexibility index (Phi) is 6.39. The number of nitrogens with one attached hydrogen (secondary N) is 2. The zero-order chi connectivity index (χ0) is 18.6. The third-order valence-corrected chi connectivity index (χ3v) is 4.25. The van der Waals surface area contributed by atoms with Crippen LogP contribution in [0.1, 0.15) is 35.3 Å². The van der Waals surface area contributed by atoms with E-state index < -0.39 is 24.7 Å². The van der Waals surface area contributed by atoms with Crippen molar-refractivity contribution in [2.24, 2.45) is 0 Å². The maximum atomic E-state index is 12.6. The molecule has 0 saturated carbocycles. The van der Waals surface area contributed by atoms with E-state index in [-0.39, 0.29) is 21.6 Å². The third kappa shape index (κ3) is 5.67. The molecule has 138 valence electrons. The van der Waals surface area contributed by atoms with Crippen LogP contribution in [-0.4, -0.2) is 57.4 Å². The Hall–Kier alpha value is -1.68. The fraction of sp³-hybridized carbons (Fsp3) is 0.533. The van der Waals surface area contributed by atoms with Crippen LogP contribution in [0.15, 0.2) is 12.3 Å². The van der Waals surface area contributed by atoms with Crippen molar-refractivity contribution < 1.29 is 23.1 Å². The monoisotopic (exact) mass is 422 g/mol. The van der Waals surface area contributed by atoms with E-state index in [0.29, 0.717) is 32.4 Å². The highest BCUT2D eigenvalue weighted by Crippen LogP contribution is 2.23. The Morgan fingerprint density at radius 2 is 2.16 bits per heavy atom. The van der Waals surface area contributed by atoms with Crippen molar-refractivity contribution >= 4 is 32.1 Å². The summed E-state index contributed by atoms with van der Waals surface area (Å²) in [6.45, 7) is -0.463. The molecule has 10 heteroatoms. The summed E-state index contributed by atoms with van der Waals surface area (Å²) in [5.41, 5.74) is 0.137. The van der Waals surface area contributed by atoms with Gasteiger partial charge in [0.15, 0.2) is 0 Å². The molecule has 0 radical (unpaired) electrons. The summed E-state index contributed by atoms with van der Waals surface area (Å²) in [5, 5.41) is 19.4. The number of anilines is 1. The van der Waals surface area contributed by atoms with Crippen molar-refractivity contribution in [3.05, 3.63) is 23.5 Å². The van der Waals surface area contributed by atoms with Gasteiger partial charge in [-0.15, -0.1) is 0 Å². The molecular formula is C15H18BrF3N4O2. The Morgan fingerprint density at radius 3 is 2.80 bits per heavy atom. The Bertz CT molecular complexity index is 654. The number of aliphatic hydroxyl groups excluding tert-OH is 1. The van der Waals surface area contributed by atoms with Crippen LogP contribution in [0.4, 0.5) is 18.9 Å². The molecule has 1 aromatic heterocycles. The molecule has 0 bridgehead atoms. The number of rotatable bonds is 4. The van der Waals surface area contributed by atoms with E-state index in [1.54, 1.807) is 0 Å². The van der Waals surface area contributed by atoms with Crippen LogP contribution < -0.4 is 5.32 Å². The van der Waals surface area contributed by atoms with Gasteiger partial charge in [0.2, 0.25) is 0 Å². The molecule has 1 atom stereocenters. The first-order chi connectivity index (χ1) is 11.7. The maximum Gasteiger partial charge on any atom is 0.405 e. The fourth-order valence-corrected chi connectivity index (χ4v) is 2.85. The molecule has 0 spiro atoms. The number of alkyl halides is 3. The van der Waals surface area contributed by atoms with Crippen LogP contribution in [0, 0.1) is 5.41 Å². The Labute approximate surface area is 151 Å². The minimum atomic E-state index is -4.43. The average molecular weight is 423 g/mol. The number of likely N-dealkylation sites (tertiary alicyclic amines) is 1. The summed E-state index contributed by atoms with van der Waals surface area (Å²) in [6, 6.07) is 1.22. The first-order valence-corrected chi connectivity index (χ1v) is 8.49. The number of halogens is 4. The molecule has 1 saturated heterocycles. The van der Waals surface area contributed by atoms with Gasteiger partial charge in [0.25, 0.3) is 5.91 Å². The van der Waals surface area contributed by atoms with E-state index in [1.165, 1.54) is 17.2 Å². The number of carbonyl (C=O) groups excluding carboxylic acids is 1. The van der Waals surface area contributed by atoms with Crippen molar-refractivity contribution in [3.63, 3.8) is 0 Å². The minimum Gasteiger partial charge on any atom is -0.393 e. The van der Waals surface area contributed by atoms with Crippen molar-refractivity contribution in [1.82, 2.24) is 9.88 Å². The lowest BCUT2D eigenvalue weighted by molar-refractivity contribution is -0.115. The van der Waals surface area contributed by atoms with Crippen molar-refractivity contribution in [2.45, 2.75) is 31.5 Å². The summed E-state index contributed by atoms with van der Waals surface area (Å²) in [5.74, 6) is -0.406. The van der Waals surface area contributed by atoms with Crippen LogP contribution in [0.2, 0.25) is 0 Å². The largest absolute Gasteiger partial charge is 0.405 e. The predicted molar refractivity (Wildman–Crippen MR) is 90.3 cm³/mol. The molecule has 1 fully saturated rings. The average Bonchev–Trinajstić information content (AvgIpc) is 2.75. The van der Waals surface area contributed by atoms with Crippen LogP contribution in [0.3, 0.4) is 0 Å². The van der Waals surface area contributed by atoms with Gasteiger partial charge in [-0.05, 0) is 41.3 Å². The molecule has 1 aliphatic rings. The summed E-state index contributed by atoms with van der Waals surface area (Å²) in [6.07, 6.45) is -1.98. The summed E-state index contributed by atoms with van der Waals surface area (Å²) < 4.78 is 37.3. The van der Waals surface area contributed by atoms with Crippen LogP contribution in [-0.2, 0) is 0 Å². The van der Waals surface area contributed by atoms with E-state index in [4.69, 9.17) is 5.41 Å². The predicted octanol–water partition coefficient (Wildman–Crippen LogP) is 2.76. The van der Waals surface area contributed by atoms with E-state index >= 15 is 0 Å².